The van der Waals surface area contributed by atoms with E-state index in [0.717, 1.165) is 11.3 Å². The molecule has 0 saturated heterocycles. The van der Waals surface area contributed by atoms with Crippen molar-refractivity contribution in [1.82, 2.24) is 9.88 Å². The van der Waals surface area contributed by atoms with E-state index in [1.54, 1.807) is 40.5 Å². The average molecular weight is 274 g/mol. The molecule has 0 unspecified atom stereocenters. The van der Waals surface area contributed by atoms with E-state index in [2.05, 4.69) is 0 Å². The molecule has 2 aromatic heterocycles. The molecule has 0 spiro atoms. The number of hydrogen-bond acceptors (Lipinski definition) is 2. The monoisotopic (exact) mass is 274 g/mol. The van der Waals surface area contributed by atoms with Crippen molar-refractivity contribution in [2.45, 2.75) is 6.18 Å². The first kappa shape index (κ1) is 12.7. The Morgan fingerprint density at radius 2 is 2.00 bits per heavy atom. The van der Waals surface area contributed by atoms with Gasteiger partial charge in [0.15, 0.2) is 0 Å². The molecule has 0 aromatic carbocycles. The van der Waals surface area contributed by atoms with Gasteiger partial charge < -0.3 is 9.88 Å². The molecule has 7 heteroatoms. The average Bonchev–Trinajstić information content (AvgIpc) is 2.94. The van der Waals surface area contributed by atoms with E-state index < -0.39 is 18.6 Å². The molecule has 2 heterocycles. The van der Waals surface area contributed by atoms with Crippen molar-refractivity contribution in [2.24, 2.45) is 0 Å². The van der Waals surface area contributed by atoms with Crippen LogP contribution in [0.1, 0.15) is 9.67 Å². The van der Waals surface area contributed by atoms with Gasteiger partial charge in [0, 0.05) is 12.4 Å². The van der Waals surface area contributed by atoms with Gasteiger partial charge in [-0.25, -0.2) is 0 Å². The van der Waals surface area contributed by atoms with Gasteiger partial charge in [0.05, 0.1) is 5.69 Å². The molecule has 18 heavy (non-hydrogen) atoms. The maximum absolute atomic E-state index is 12.0. The van der Waals surface area contributed by atoms with E-state index in [1.807, 2.05) is 5.32 Å². The van der Waals surface area contributed by atoms with Crippen molar-refractivity contribution < 1.29 is 18.0 Å². The standard InChI is InChI=1S/C11H9F3N2OS/c12-11(13,14)7-15-10(17)9-8(3-6-18-9)16-4-1-2-5-16/h1-6H,7H2,(H,15,17). The number of hydrogen-bond donors (Lipinski definition) is 1. The van der Waals surface area contributed by atoms with Gasteiger partial charge in [-0.1, -0.05) is 0 Å². The smallest absolute Gasteiger partial charge is 0.342 e. The van der Waals surface area contributed by atoms with Crippen molar-refractivity contribution in [3.05, 3.63) is 40.8 Å². The molecular weight excluding hydrogens is 265 g/mol. The summed E-state index contributed by atoms with van der Waals surface area (Å²) in [5.41, 5.74) is 0.574. The first-order valence-electron chi connectivity index (χ1n) is 5.03. The number of nitrogens with zero attached hydrogens (tertiary/aromatic N) is 1. The minimum absolute atomic E-state index is 0.260. The van der Waals surface area contributed by atoms with Gasteiger partial charge >= 0.3 is 6.18 Å². The summed E-state index contributed by atoms with van der Waals surface area (Å²) in [6, 6.07) is 5.23. The van der Waals surface area contributed by atoms with Crippen molar-refractivity contribution >= 4 is 17.2 Å². The van der Waals surface area contributed by atoms with E-state index in [4.69, 9.17) is 0 Å². The number of halogens is 3. The van der Waals surface area contributed by atoms with Crippen LogP contribution in [0.4, 0.5) is 13.2 Å². The number of rotatable bonds is 3. The second-order valence-electron chi connectivity index (χ2n) is 3.52. The Morgan fingerprint density at radius 1 is 1.33 bits per heavy atom. The highest BCUT2D eigenvalue weighted by Gasteiger charge is 2.28. The summed E-state index contributed by atoms with van der Waals surface area (Å²) in [5, 5.41) is 3.53. The second-order valence-corrected chi connectivity index (χ2v) is 4.44. The zero-order chi connectivity index (χ0) is 13.2. The van der Waals surface area contributed by atoms with Crippen molar-refractivity contribution in [3.8, 4) is 5.69 Å². The maximum Gasteiger partial charge on any atom is 0.405 e. The zero-order valence-corrected chi connectivity index (χ0v) is 9.89. The number of alkyl halides is 3. The molecule has 0 saturated carbocycles. The second kappa shape index (κ2) is 4.85. The molecule has 0 aliphatic heterocycles. The third kappa shape index (κ3) is 2.92. The molecule has 2 rings (SSSR count). The van der Waals surface area contributed by atoms with E-state index in [9.17, 15) is 18.0 Å². The molecule has 3 nitrogen and oxygen atoms in total. The molecule has 0 atom stereocenters. The topological polar surface area (TPSA) is 34.0 Å². The van der Waals surface area contributed by atoms with E-state index >= 15 is 0 Å². The van der Waals surface area contributed by atoms with Gasteiger partial charge in [-0.05, 0) is 23.6 Å². The van der Waals surface area contributed by atoms with Crippen LogP contribution in [0.25, 0.3) is 5.69 Å². The molecule has 0 aliphatic carbocycles. The molecule has 96 valence electrons. The summed E-state index contributed by atoms with van der Waals surface area (Å²) < 4.78 is 37.7. The van der Waals surface area contributed by atoms with Crippen molar-refractivity contribution in [1.29, 1.82) is 0 Å². The van der Waals surface area contributed by atoms with Gasteiger partial charge in [-0.3, -0.25) is 4.79 Å². The molecule has 1 amide bonds. The van der Waals surface area contributed by atoms with Crippen LogP contribution in [-0.2, 0) is 0 Å². The number of carbonyl (C=O) groups excluding carboxylic acids is 1. The van der Waals surface area contributed by atoms with Crippen LogP contribution in [0.3, 0.4) is 0 Å². The highest BCUT2D eigenvalue weighted by atomic mass is 32.1. The molecular formula is C11H9F3N2OS. The summed E-state index contributed by atoms with van der Waals surface area (Å²) in [6.07, 6.45) is -0.953. The van der Waals surface area contributed by atoms with Crippen molar-refractivity contribution in [3.63, 3.8) is 0 Å². The highest BCUT2D eigenvalue weighted by Crippen LogP contribution is 2.21. The van der Waals surface area contributed by atoms with E-state index in [-0.39, 0.29) is 4.88 Å². The molecule has 2 aromatic rings. The fourth-order valence-corrected chi connectivity index (χ4v) is 2.24. The summed E-state index contributed by atoms with van der Waals surface area (Å²) in [5.74, 6) is -0.717. The minimum Gasteiger partial charge on any atom is -0.342 e. The van der Waals surface area contributed by atoms with Crippen LogP contribution >= 0.6 is 11.3 Å². The normalized spacial score (nSPS) is 11.5. The lowest BCUT2D eigenvalue weighted by Gasteiger charge is -2.09. The minimum atomic E-state index is -4.40. The first-order chi connectivity index (χ1) is 8.47. The Labute approximate surface area is 105 Å². The fourth-order valence-electron chi connectivity index (χ4n) is 1.43. The maximum atomic E-state index is 12.0. The Morgan fingerprint density at radius 3 is 2.61 bits per heavy atom. The summed E-state index contributed by atoms with van der Waals surface area (Å²) in [4.78, 5) is 11.9. The number of carbonyl (C=O) groups is 1. The number of nitrogens with one attached hydrogen (secondary N) is 1. The summed E-state index contributed by atoms with van der Waals surface area (Å²) in [7, 11) is 0. The Kier molecular flexibility index (Phi) is 3.42. The fraction of sp³-hybridized carbons (Fsp3) is 0.182. The number of thiophene rings is 1. The largest absolute Gasteiger partial charge is 0.405 e. The molecule has 1 N–H and O–H groups in total. The van der Waals surface area contributed by atoms with Gasteiger partial charge in [-0.2, -0.15) is 13.2 Å². The molecule has 0 bridgehead atoms. The Bertz CT molecular complexity index is 531. The quantitative estimate of drug-likeness (QED) is 0.917. The van der Waals surface area contributed by atoms with Gasteiger partial charge in [0.25, 0.3) is 5.91 Å². The van der Waals surface area contributed by atoms with Crippen LogP contribution in [0, 0.1) is 0 Å². The van der Waals surface area contributed by atoms with Gasteiger partial charge in [-0.15, -0.1) is 11.3 Å². The number of aromatic nitrogens is 1. The van der Waals surface area contributed by atoms with Gasteiger partial charge in [0.2, 0.25) is 0 Å². The molecule has 0 radical (unpaired) electrons. The lowest BCUT2D eigenvalue weighted by Crippen LogP contribution is -2.33. The zero-order valence-electron chi connectivity index (χ0n) is 9.07. The van der Waals surface area contributed by atoms with Crippen LogP contribution in [-0.4, -0.2) is 23.2 Å². The SMILES string of the molecule is O=C(NCC(F)(F)F)c1sccc1-n1cccc1. The lowest BCUT2D eigenvalue weighted by molar-refractivity contribution is -0.123. The van der Waals surface area contributed by atoms with Crippen LogP contribution in [0.5, 0.6) is 0 Å². The third-order valence-corrected chi connectivity index (χ3v) is 3.09. The Balaban J connectivity index is 2.15. The predicted octanol–water partition coefficient (Wildman–Crippen LogP) is 2.83. The number of amides is 1. The summed E-state index contributed by atoms with van der Waals surface area (Å²) >= 11 is 1.11. The van der Waals surface area contributed by atoms with E-state index in [1.165, 1.54) is 0 Å². The van der Waals surface area contributed by atoms with Crippen LogP contribution in [0.2, 0.25) is 0 Å². The third-order valence-electron chi connectivity index (χ3n) is 2.18. The van der Waals surface area contributed by atoms with Crippen molar-refractivity contribution in [2.75, 3.05) is 6.54 Å². The summed E-state index contributed by atoms with van der Waals surface area (Å²) in [6.45, 7) is -1.32. The van der Waals surface area contributed by atoms with Crippen LogP contribution < -0.4 is 5.32 Å². The first-order valence-corrected chi connectivity index (χ1v) is 5.91. The predicted molar refractivity (Wildman–Crippen MR) is 62.0 cm³/mol. The molecule has 0 fully saturated rings. The Hall–Kier alpha value is -1.76. The van der Waals surface area contributed by atoms with E-state index in [0.29, 0.717) is 5.69 Å². The molecule has 0 aliphatic rings. The lowest BCUT2D eigenvalue weighted by atomic mass is 10.3. The highest BCUT2D eigenvalue weighted by molar-refractivity contribution is 7.12. The van der Waals surface area contributed by atoms with Crippen LogP contribution in [0.15, 0.2) is 36.0 Å². The van der Waals surface area contributed by atoms with Gasteiger partial charge in [0.1, 0.15) is 11.4 Å².